The van der Waals surface area contributed by atoms with Crippen molar-refractivity contribution in [3.05, 3.63) is 29.8 Å². The molecule has 2 rings (SSSR count). The third-order valence-corrected chi connectivity index (χ3v) is 4.04. The van der Waals surface area contributed by atoms with Crippen LogP contribution in [0, 0.1) is 11.8 Å². The maximum absolute atomic E-state index is 13.1. The Morgan fingerprint density at radius 3 is 2.67 bits per heavy atom. The molecule has 2 N–H and O–H groups in total. The number of halogens is 3. The molecule has 24 heavy (non-hydrogen) atoms. The number of hydrogen-bond acceptors (Lipinski definition) is 4. The molecule has 0 spiro atoms. The highest BCUT2D eigenvalue weighted by molar-refractivity contribution is 5.77. The molecule has 0 bridgehead atoms. The van der Waals surface area contributed by atoms with E-state index in [-0.39, 0.29) is 13.1 Å². The van der Waals surface area contributed by atoms with Gasteiger partial charge in [0.05, 0.1) is 18.4 Å². The first-order chi connectivity index (χ1) is 11.3. The van der Waals surface area contributed by atoms with Gasteiger partial charge in [0.15, 0.2) is 0 Å². The number of amides is 1. The average Bonchev–Trinajstić information content (AvgIpc) is 2.92. The smallest absolute Gasteiger partial charge is 0.393 e. The Hall–Kier alpha value is -1.80. The molecule has 1 amide bonds. The van der Waals surface area contributed by atoms with Gasteiger partial charge in [-0.15, -0.1) is 0 Å². The molecule has 1 heterocycles. The number of benzene rings is 1. The number of nitrogens with zero attached hydrogens (tertiary/aromatic N) is 1. The minimum Gasteiger partial charge on any atom is -0.491 e. The van der Waals surface area contributed by atoms with Gasteiger partial charge in [0.25, 0.3) is 0 Å². The standard InChI is InChI=1S/C16H21F3N2O3/c1-23-5-6-24-12-4-2-3-11(7-12)8-21-9-13(15(20)22)14(10-21)16(17,18)19/h2-4,7,13-14H,5-6,8-10H2,1H3,(H2,20,22)/t13-,14-/m1/s1. The molecule has 8 heteroatoms. The number of hydrogen-bond donors (Lipinski definition) is 1. The Morgan fingerprint density at radius 2 is 2.08 bits per heavy atom. The van der Waals surface area contributed by atoms with Crippen LogP contribution in [0.15, 0.2) is 24.3 Å². The molecule has 1 aliphatic rings. The highest BCUT2D eigenvalue weighted by Crippen LogP contribution is 2.38. The molecule has 0 aliphatic carbocycles. The minimum absolute atomic E-state index is 0.00820. The van der Waals surface area contributed by atoms with Gasteiger partial charge in [0, 0.05) is 26.7 Å². The molecule has 1 aromatic carbocycles. The fraction of sp³-hybridized carbons (Fsp3) is 0.562. The highest BCUT2D eigenvalue weighted by atomic mass is 19.4. The minimum atomic E-state index is -4.43. The third kappa shape index (κ3) is 4.85. The van der Waals surface area contributed by atoms with Crippen molar-refractivity contribution in [1.82, 2.24) is 4.90 Å². The second-order valence-corrected chi connectivity index (χ2v) is 5.84. The van der Waals surface area contributed by atoms with E-state index >= 15 is 0 Å². The monoisotopic (exact) mass is 346 g/mol. The summed E-state index contributed by atoms with van der Waals surface area (Å²) in [5, 5.41) is 0. The fourth-order valence-electron chi connectivity index (χ4n) is 2.87. The number of nitrogens with two attached hydrogens (primary N) is 1. The lowest BCUT2D eigenvalue weighted by Crippen LogP contribution is -2.37. The molecular formula is C16H21F3N2O3. The summed E-state index contributed by atoms with van der Waals surface area (Å²) in [6, 6.07) is 7.13. The second kappa shape index (κ2) is 7.85. The molecule has 134 valence electrons. The number of carbonyl (C=O) groups excluding carboxylic acids is 1. The van der Waals surface area contributed by atoms with Crippen molar-refractivity contribution in [2.45, 2.75) is 12.7 Å². The Labute approximate surface area is 138 Å². The molecule has 0 aromatic heterocycles. The number of ether oxygens (including phenoxy) is 2. The number of methoxy groups -OCH3 is 1. The van der Waals surface area contributed by atoms with Crippen molar-refractivity contribution in [3.8, 4) is 5.75 Å². The van der Waals surface area contributed by atoms with E-state index in [2.05, 4.69) is 0 Å². The van der Waals surface area contributed by atoms with Gasteiger partial charge in [-0.2, -0.15) is 13.2 Å². The molecule has 1 fully saturated rings. The summed E-state index contributed by atoms with van der Waals surface area (Å²) < 4.78 is 49.5. The van der Waals surface area contributed by atoms with Gasteiger partial charge in [-0.3, -0.25) is 9.69 Å². The zero-order chi connectivity index (χ0) is 17.7. The van der Waals surface area contributed by atoms with E-state index in [1.807, 2.05) is 6.07 Å². The second-order valence-electron chi connectivity index (χ2n) is 5.84. The molecule has 0 saturated carbocycles. The van der Waals surface area contributed by atoms with Gasteiger partial charge in [-0.05, 0) is 17.7 Å². The van der Waals surface area contributed by atoms with Crippen LogP contribution in [0.25, 0.3) is 0 Å². The lowest BCUT2D eigenvalue weighted by Gasteiger charge is -2.19. The van der Waals surface area contributed by atoms with Crippen LogP contribution >= 0.6 is 0 Å². The molecule has 0 radical (unpaired) electrons. The third-order valence-electron chi connectivity index (χ3n) is 4.04. The predicted molar refractivity (Wildman–Crippen MR) is 81.3 cm³/mol. The van der Waals surface area contributed by atoms with Gasteiger partial charge in [-0.25, -0.2) is 0 Å². The zero-order valence-corrected chi connectivity index (χ0v) is 13.4. The van der Waals surface area contributed by atoms with E-state index in [0.29, 0.717) is 25.5 Å². The van der Waals surface area contributed by atoms with Crippen LogP contribution in [-0.4, -0.2) is 50.4 Å². The number of carbonyl (C=O) groups is 1. The lowest BCUT2D eigenvalue weighted by atomic mass is 9.95. The lowest BCUT2D eigenvalue weighted by molar-refractivity contribution is -0.182. The Kier molecular flexibility index (Phi) is 6.06. The van der Waals surface area contributed by atoms with E-state index in [1.165, 1.54) is 0 Å². The van der Waals surface area contributed by atoms with Crippen LogP contribution < -0.4 is 10.5 Å². The Morgan fingerprint density at radius 1 is 1.33 bits per heavy atom. The topological polar surface area (TPSA) is 64.8 Å². The first kappa shape index (κ1) is 18.5. The first-order valence-corrected chi connectivity index (χ1v) is 7.60. The van der Waals surface area contributed by atoms with Crippen molar-refractivity contribution < 1.29 is 27.4 Å². The maximum Gasteiger partial charge on any atom is 0.393 e. The normalized spacial score (nSPS) is 21.8. The van der Waals surface area contributed by atoms with Crippen LogP contribution in [0.1, 0.15) is 5.56 Å². The van der Waals surface area contributed by atoms with E-state index in [4.69, 9.17) is 15.2 Å². The summed E-state index contributed by atoms with van der Waals surface area (Å²) in [6.07, 6.45) is -4.43. The summed E-state index contributed by atoms with van der Waals surface area (Å²) in [4.78, 5) is 12.9. The van der Waals surface area contributed by atoms with E-state index in [9.17, 15) is 18.0 Å². The Bertz CT molecular complexity index is 566. The van der Waals surface area contributed by atoms with Crippen LogP contribution in [0.4, 0.5) is 13.2 Å². The Balaban J connectivity index is 2.01. The van der Waals surface area contributed by atoms with E-state index in [1.54, 1.807) is 30.2 Å². The van der Waals surface area contributed by atoms with Gasteiger partial charge in [-0.1, -0.05) is 12.1 Å². The summed E-state index contributed by atoms with van der Waals surface area (Å²) in [7, 11) is 1.57. The van der Waals surface area contributed by atoms with Crippen LogP contribution in [0.5, 0.6) is 5.75 Å². The van der Waals surface area contributed by atoms with Crippen LogP contribution in [0.3, 0.4) is 0 Å². The van der Waals surface area contributed by atoms with Crippen molar-refractivity contribution >= 4 is 5.91 Å². The van der Waals surface area contributed by atoms with Gasteiger partial charge >= 0.3 is 6.18 Å². The highest BCUT2D eigenvalue weighted by Gasteiger charge is 2.51. The maximum atomic E-state index is 13.1. The van der Waals surface area contributed by atoms with E-state index in [0.717, 1.165) is 5.56 Å². The van der Waals surface area contributed by atoms with Gasteiger partial charge in [0.1, 0.15) is 12.4 Å². The SMILES string of the molecule is COCCOc1cccc(CN2C[C@@H](C(F)(F)F)[C@H](C(N)=O)C2)c1. The number of likely N-dealkylation sites (tertiary alicyclic amines) is 1. The van der Waals surface area contributed by atoms with Crippen LogP contribution in [0.2, 0.25) is 0 Å². The molecule has 0 unspecified atom stereocenters. The quantitative estimate of drug-likeness (QED) is 0.765. The average molecular weight is 346 g/mol. The summed E-state index contributed by atoms with van der Waals surface area (Å²) >= 11 is 0. The molecule has 1 aliphatic heterocycles. The molecular weight excluding hydrogens is 325 g/mol. The number of primary amides is 1. The summed E-state index contributed by atoms with van der Waals surface area (Å²) in [6.45, 7) is 0.922. The molecule has 2 atom stereocenters. The predicted octanol–water partition coefficient (Wildman–Crippen LogP) is 1.81. The van der Waals surface area contributed by atoms with E-state index < -0.39 is 23.9 Å². The zero-order valence-electron chi connectivity index (χ0n) is 13.4. The van der Waals surface area contributed by atoms with Crippen molar-refractivity contribution in [1.29, 1.82) is 0 Å². The van der Waals surface area contributed by atoms with Crippen molar-refractivity contribution in [3.63, 3.8) is 0 Å². The number of rotatable bonds is 7. The van der Waals surface area contributed by atoms with Crippen molar-refractivity contribution in [2.24, 2.45) is 17.6 Å². The first-order valence-electron chi connectivity index (χ1n) is 7.60. The molecule has 1 aromatic rings. The van der Waals surface area contributed by atoms with Crippen molar-refractivity contribution in [2.75, 3.05) is 33.4 Å². The van der Waals surface area contributed by atoms with Gasteiger partial charge < -0.3 is 15.2 Å². The van der Waals surface area contributed by atoms with Crippen LogP contribution in [-0.2, 0) is 16.1 Å². The summed E-state index contributed by atoms with van der Waals surface area (Å²) in [5.41, 5.74) is 5.95. The van der Waals surface area contributed by atoms with Gasteiger partial charge in [0.2, 0.25) is 5.91 Å². The largest absolute Gasteiger partial charge is 0.491 e. The number of alkyl halides is 3. The molecule has 1 saturated heterocycles. The molecule has 5 nitrogen and oxygen atoms in total. The summed E-state index contributed by atoms with van der Waals surface area (Å²) in [5.74, 6) is -3.19. The fourth-order valence-corrected chi connectivity index (χ4v) is 2.87.